The van der Waals surface area contributed by atoms with Crippen molar-refractivity contribution in [3.8, 4) is 0 Å². The highest BCUT2D eigenvalue weighted by atomic mass is 35.5. The van der Waals surface area contributed by atoms with E-state index in [0.29, 0.717) is 12.8 Å². The number of carbonyl (C=O) groups excluding carboxylic acids is 1. The second-order valence-corrected chi connectivity index (χ2v) is 8.06. The molecule has 2 rings (SSSR count). The molecule has 0 bridgehead atoms. The normalized spacial score (nSPS) is 13.2. The highest BCUT2D eigenvalue weighted by Crippen LogP contribution is 2.09. The maximum atomic E-state index is 12.9. The van der Waals surface area contributed by atoms with Crippen molar-refractivity contribution in [2.75, 3.05) is 13.1 Å². The molecule has 2 aromatic rings. The Kier molecular flexibility index (Phi) is 10.2. The number of benzene rings is 2. The van der Waals surface area contributed by atoms with Crippen molar-refractivity contribution in [2.45, 2.75) is 29.9 Å². The van der Waals surface area contributed by atoms with E-state index in [4.69, 9.17) is 5.73 Å². The van der Waals surface area contributed by atoms with Gasteiger partial charge < -0.3 is 16.2 Å². The van der Waals surface area contributed by atoms with E-state index in [1.54, 1.807) is 0 Å². The van der Waals surface area contributed by atoms with Crippen LogP contribution in [0.15, 0.2) is 59.5 Å². The van der Waals surface area contributed by atoms with Gasteiger partial charge in [0.1, 0.15) is 11.9 Å². The van der Waals surface area contributed by atoms with E-state index >= 15 is 0 Å². The number of aliphatic hydroxyl groups excluding tert-OH is 1. The van der Waals surface area contributed by atoms with Crippen molar-refractivity contribution in [1.82, 2.24) is 10.0 Å². The van der Waals surface area contributed by atoms with Crippen LogP contribution in [0, 0.1) is 5.82 Å². The molecule has 0 aromatic heterocycles. The van der Waals surface area contributed by atoms with Gasteiger partial charge >= 0.3 is 0 Å². The molecule has 0 aliphatic heterocycles. The summed E-state index contributed by atoms with van der Waals surface area (Å²) < 4.78 is 39.3. The molecule has 2 unspecified atom stereocenters. The van der Waals surface area contributed by atoms with Gasteiger partial charge in [0.15, 0.2) is 0 Å². The van der Waals surface area contributed by atoms with Crippen LogP contribution < -0.4 is 15.8 Å². The summed E-state index contributed by atoms with van der Waals surface area (Å²) in [5, 5.41) is 12.6. The molecule has 29 heavy (non-hydrogen) atoms. The SMILES string of the molecule is Cl.NC(Cc1ccccc1)C(O)C(=O)NCCCNS(=O)(=O)c1ccc(F)cc1. The lowest BCUT2D eigenvalue weighted by Crippen LogP contribution is -2.47. The summed E-state index contributed by atoms with van der Waals surface area (Å²) in [6.07, 6.45) is -0.698. The zero-order chi connectivity index (χ0) is 20.6. The molecule has 0 spiro atoms. The quantitative estimate of drug-likeness (QED) is 0.406. The van der Waals surface area contributed by atoms with Gasteiger partial charge in [-0.1, -0.05) is 30.3 Å². The van der Waals surface area contributed by atoms with E-state index in [1.165, 1.54) is 12.1 Å². The molecular formula is C19H25ClFN3O4S. The Labute approximate surface area is 176 Å². The van der Waals surface area contributed by atoms with E-state index in [0.717, 1.165) is 17.7 Å². The predicted molar refractivity (Wildman–Crippen MR) is 111 cm³/mol. The van der Waals surface area contributed by atoms with Gasteiger partial charge in [-0.05, 0) is 42.7 Å². The molecule has 7 nitrogen and oxygen atoms in total. The van der Waals surface area contributed by atoms with E-state index in [1.807, 2.05) is 30.3 Å². The van der Waals surface area contributed by atoms with Gasteiger partial charge in [0.25, 0.3) is 0 Å². The summed E-state index contributed by atoms with van der Waals surface area (Å²) in [4.78, 5) is 11.9. The van der Waals surface area contributed by atoms with Crippen LogP contribution in [-0.4, -0.2) is 44.7 Å². The first-order chi connectivity index (χ1) is 13.3. The fourth-order valence-electron chi connectivity index (χ4n) is 2.50. The Morgan fingerprint density at radius 2 is 1.69 bits per heavy atom. The molecule has 0 aliphatic rings. The molecule has 0 saturated carbocycles. The van der Waals surface area contributed by atoms with Crippen LogP contribution in [0.5, 0.6) is 0 Å². The van der Waals surface area contributed by atoms with Crippen LogP contribution in [0.25, 0.3) is 0 Å². The van der Waals surface area contributed by atoms with Crippen molar-refractivity contribution in [1.29, 1.82) is 0 Å². The number of hydrogen-bond donors (Lipinski definition) is 4. The van der Waals surface area contributed by atoms with Crippen LogP contribution in [0.1, 0.15) is 12.0 Å². The first kappa shape index (κ1) is 25.0. The van der Waals surface area contributed by atoms with Crippen molar-refractivity contribution < 1.29 is 22.7 Å². The molecular weight excluding hydrogens is 421 g/mol. The van der Waals surface area contributed by atoms with Crippen molar-refractivity contribution in [2.24, 2.45) is 5.73 Å². The van der Waals surface area contributed by atoms with Gasteiger partial charge in [0, 0.05) is 19.1 Å². The molecule has 1 amide bonds. The number of sulfonamides is 1. The van der Waals surface area contributed by atoms with Crippen LogP contribution in [0.4, 0.5) is 4.39 Å². The second kappa shape index (κ2) is 11.8. The Morgan fingerprint density at radius 1 is 1.07 bits per heavy atom. The third-order valence-electron chi connectivity index (χ3n) is 4.06. The number of hydrogen-bond acceptors (Lipinski definition) is 5. The molecule has 160 valence electrons. The van der Waals surface area contributed by atoms with Gasteiger partial charge in [-0.3, -0.25) is 4.79 Å². The van der Waals surface area contributed by atoms with E-state index in [9.17, 15) is 22.7 Å². The van der Waals surface area contributed by atoms with Gasteiger partial charge in [-0.25, -0.2) is 17.5 Å². The number of amides is 1. The first-order valence-electron chi connectivity index (χ1n) is 8.80. The van der Waals surface area contributed by atoms with Gasteiger partial charge in [0.05, 0.1) is 4.90 Å². The van der Waals surface area contributed by atoms with Gasteiger partial charge in [-0.15, -0.1) is 12.4 Å². The zero-order valence-corrected chi connectivity index (χ0v) is 17.3. The Balaban J connectivity index is 0.00000420. The fourth-order valence-corrected chi connectivity index (χ4v) is 3.57. The number of aliphatic hydroxyl groups is 1. The number of halogens is 2. The topological polar surface area (TPSA) is 122 Å². The molecule has 0 heterocycles. The van der Waals surface area contributed by atoms with Crippen LogP contribution >= 0.6 is 12.4 Å². The van der Waals surface area contributed by atoms with Crippen molar-refractivity contribution in [3.63, 3.8) is 0 Å². The van der Waals surface area contributed by atoms with Gasteiger partial charge in [-0.2, -0.15) is 0 Å². The average molecular weight is 446 g/mol. The molecule has 0 saturated heterocycles. The molecule has 10 heteroatoms. The lowest BCUT2D eigenvalue weighted by molar-refractivity contribution is -0.130. The number of carbonyl (C=O) groups is 1. The average Bonchev–Trinajstić information content (AvgIpc) is 2.68. The predicted octanol–water partition coefficient (Wildman–Crippen LogP) is 0.963. The molecule has 0 aliphatic carbocycles. The Morgan fingerprint density at radius 3 is 2.31 bits per heavy atom. The van der Waals surface area contributed by atoms with Crippen LogP contribution in [-0.2, 0) is 21.2 Å². The lowest BCUT2D eigenvalue weighted by Gasteiger charge is -2.18. The molecule has 0 fully saturated rings. The van der Waals surface area contributed by atoms with E-state index in [-0.39, 0.29) is 30.4 Å². The molecule has 0 radical (unpaired) electrons. The minimum absolute atomic E-state index is 0. The van der Waals surface area contributed by atoms with Crippen molar-refractivity contribution >= 4 is 28.3 Å². The lowest BCUT2D eigenvalue weighted by atomic mass is 10.0. The summed E-state index contributed by atoms with van der Waals surface area (Å²) in [5.74, 6) is -1.13. The van der Waals surface area contributed by atoms with E-state index in [2.05, 4.69) is 10.0 Å². The van der Waals surface area contributed by atoms with E-state index < -0.39 is 33.9 Å². The maximum Gasteiger partial charge on any atom is 0.250 e. The zero-order valence-electron chi connectivity index (χ0n) is 15.6. The summed E-state index contributed by atoms with van der Waals surface area (Å²) >= 11 is 0. The molecule has 2 atom stereocenters. The summed E-state index contributed by atoms with van der Waals surface area (Å²) in [5.41, 5.74) is 6.80. The third-order valence-corrected chi connectivity index (χ3v) is 5.53. The van der Waals surface area contributed by atoms with Crippen molar-refractivity contribution in [3.05, 3.63) is 66.0 Å². The summed E-state index contributed by atoms with van der Waals surface area (Å²) in [6, 6.07) is 13.0. The number of nitrogens with one attached hydrogen (secondary N) is 2. The Hall–Kier alpha value is -2.04. The second-order valence-electron chi connectivity index (χ2n) is 6.29. The summed E-state index contributed by atoms with van der Waals surface area (Å²) in [7, 11) is -3.74. The highest BCUT2D eigenvalue weighted by molar-refractivity contribution is 7.89. The Bertz CT molecular complexity index is 867. The standard InChI is InChI=1S/C19H24FN3O4S.ClH/c20-15-7-9-16(10-8-15)28(26,27)23-12-4-11-22-19(25)18(24)17(21)13-14-5-2-1-3-6-14;/h1-3,5-10,17-18,23-24H,4,11-13,21H2,(H,22,25);1H. The third kappa shape index (κ3) is 8.08. The smallest absolute Gasteiger partial charge is 0.250 e. The highest BCUT2D eigenvalue weighted by Gasteiger charge is 2.22. The van der Waals surface area contributed by atoms with Crippen LogP contribution in [0.2, 0.25) is 0 Å². The molecule has 5 N–H and O–H groups in total. The fraction of sp³-hybridized carbons (Fsp3) is 0.316. The number of rotatable bonds is 10. The number of nitrogens with two attached hydrogens (primary N) is 1. The summed E-state index contributed by atoms with van der Waals surface area (Å²) in [6.45, 7) is 0.242. The minimum atomic E-state index is -3.74. The maximum absolute atomic E-state index is 12.9. The monoisotopic (exact) mass is 445 g/mol. The van der Waals surface area contributed by atoms with Crippen LogP contribution in [0.3, 0.4) is 0 Å². The minimum Gasteiger partial charge on any atom is -0.382 e. The van der Waals surface area contributed by atoms with Gasteiger partial charge in [0.2, 0.25) is 15.9 Å². The largest absolute Gasteiger partial charge is 0.382 e. The first-order valence-corrected chi connectivity index (χ1v) is 10.3. The molecule has 2 aromatic carbocycles.